The number of methoxy groups -OCH3 is 1. The summed E-state index contributed by atoms with van der Waals surface area (Å²) in [7, 11) is 1.57. The van der Waals surface area contributed by atoms with Gasteiger partial charge in [0, 0.05) is 18.7 Å². The molecule has 3 aromatic carbocycles. The van der Waals surface area contributed by atoms with E-state index in [0.29, 0.717) is 30.0 Å². The lowest BCUT2D eigenvalue weighted by Gasteiger charge is -2.35. The summed E-state index contributed by atoms with van der Waals surface area (Å²) in [4.78, 5) is 43.3. The maximum Gasteiger partial charge on any atom is 0.408 e. The van der Waals surface area contributed by atoms with Gasteiger partial charge in [-0.2, -0.15) is 0 Å². The van der Waals surface area contributed by atoms with Gasteiger partial charge < -0.3 is 30.1 Å². The maximum absolute atomic E-state index is 14.6. The molecule has 0 saturated heterocycles. The number of rotatable bonds is 14. The van der Waals surface area contributed by atoms with Gasteiger partial charge in [-0.25, -0.2) is 4.79 Å². The number of phenolic OH excluding ortho intramolecular Hbond substituents is 1. The fraction of sp³-hybridized carbons (Fsp3) is 0.417. The molecular formula is C36H47N3O6. The molecule has 3 amide bonds. The molecule has 0 bridgehead atoms. The molecule has 0 fully saturated rings. The lowest BCUT2D eigenvalue weighted by Crippen LogP contribution is -2.53. The number of alkyl carbamates (subject to hydrolysis) is 1. The Balaban J connectivity index is 2.05. The number of anilines is 1. The van der Waals surface area contributed by atoms with Gasteiger partial charge in [0.2, 0.25) is 5.91 Å². The Kier molecular flexibility index (Phi) is 12.8. The fourth-order valence-corrected chi connectivity index (χ4v) is 4.90. The average molecular weight is 618 g/mol. The number of nitrogens with zero attached hydrogens (tertiary/aromatic N) is 1. The minimum absolute atomic E-state index is 0.0916. The topological polar surface area (TPSA) is 117 Å². The summed E-state index contributed by atoms with van der Waals surface area (Å²) in [5, 5.41) is 15.6. The zero-order valence-electron chi connectivity index (χ0n) is 27.3. The minimum Gasteiger partial charge on any atom is -0.508 e. The van der Waals surface area contributed by atoms with Crippen LogP contribution in [0.4, 0.5) is 10.5 Å². The highest BCUT2D eigenvalue weighted by atomic mass is 16.6. The summed E-state index contributed by atoms with van der Waals surface area (Å²) < 4.78 is 10.8. The predicted octanol–water partition coefficient (Wildman–Crippen LogP) is 6.93. The van der Waals surface area contributed by atoms with E-state index in [1.165, 1.54) is 12.1 Å². The lowest BCUT2D eigenvalue weighted by molar-refractivity contribution is -0.140. The second-order valence-electron chi connectivity index (χ2n) is 12.2. The molecule has 3 N–H and O–H groups in total. The summed E-state index contributed by atoms with van der Waals surface area (Å²) in [5.74, 6) is -0.0515. The van der Waals surface area contributed by atoms with Crippen molar-refractivity contribution in [3.63, 3.8) is 0 Å². The summed E-state index contributed by atoms with van der Waals surface area (Å²) in [5.41, 5.74) is 2.17. The van der Waals surface area contributed by atoms with Gasteiger partial charge in [-0.15, -0.1) is 0 Å². The second-order valence-corrected chi connectivity index (χ2v) is 12.2. The van der Waals surface area contributed by atoms with Crippen LogP contribution in [0.25, 0.3) is 0 Å². The minimum atomic E-state index is -1.04. The molecule has 242 valence electrons. The molecule has 0 spiro atoms. The Morgan fingerprint density at radius 3 is 2.11 bits per heavy atom. The van der Waals surface area contributed by atoms with Crippen molar-refractivity contribution in [3.8, 4) is 11.5 Å². The summed E-state index contributed by atoms with van der Waals surface area (Å²) in [6.07, 6.45) is 2.95. The monoisotopic (exact) mass is 617 g/mol. The fourth-order valence-electron chi connectivity index (χ4n) is 4.90. The van der Waals surface area contributed by atoms with Crippen LogP contribution < -0.4 is 15.4 Å². The molecule has 2 unspecified atom stereocenters. The molecule has 0 heterocycles. The van der Waals surface area contributed by atoms with Gasteiger partial charge in [0.05, 0.1) is 7.11 Å². The van der Waals surface area contributed by atoms with Crippen molar-refractivity contribution in [2.75, 3.05) is 19.0 Å². The first-order chi connectivity index (χ1) is 21.4. The Bertz CT molecular complexity index is 1380. The van der Waals surface area contributed by atoms with E-state index in [2.05, 4.69) is 17.6 Å². The molecule has 0 aliphatic carbocycles. The van der Waals surface area contributed by atoms with Crippen molar-refractivity contribution in [1.29, 1.82) is 0 Å². The predicted molar refractivity (Wildman–Crippen MR) is 176 cm³/mol. The van der Waals surface area contributed by atoms with Crippen LogP contribution in [0.1, 0.15) is 76.1 Å². The number of aromatic hydroxyl groups is 1. The number of carbonyl (C=O) groups excluding carboxylic acids is 3. The number of hydrogen-bond acceptors (Lipinski definition) is 6. The molecular weight excluding hydrogens is 570 g/mol. The first kappa shape index (κ1) is 35.0. The number of phenols is 1. The summed E-state index contributed by atoms with van der Waals surface area (Å²) >= 11 is 0. The van der Waals surface area contributed by atoms with Crippen LogP contribution in [0.15, 0.2) is 72.8 Å². The molecule has 3 aromatic rings. The Hall–Kier alpha value is -4.53. The largest absolute Gasteiger partial charge is 0.508 e. The van der Waals surface area contributed by atoms with E-state index in [1.807, 2.05) is 31.2 Å². The van der Waals surface area contributed by atoms with Gasteiger partial charge >= 0.3 is 6.09 Å². The van der Waals surface area contributed by atoms with Crippen molar-refractivity contribution >= 4 is 23.6 Å². The number of ether oxygens (including phenoxy) is 2. The van der Waals surface area contributed by atoms with Crippen LogP contribution in [0, 0.1) is 6.92 Å². The smallest absolute Gasteiger partial charge is 0.408 e. The highest BCUT2D eigenvalue weighted by Crippen LogP contribution is 2.27. The van der Waals surface area contributed by atoms with E-state index in [-0.39, 0.29) is 18.1 Å². The van der Waals surface area contributed by atoms with Crippen LogP contribution in [-0.4, -0.2) is 53.2 Å². The molecule has 0 saturated carbocycles. The molecule has 0 aromatic heterocycles. The number of aryl methyl sites for hydroxylation is 1. The third-order valence-electron chi connectivity index (χ3n) is 7.21. The van der Waals surface area contributed by atoms with E-state index in [0.717, 1.165) is 30.4 Å². The van der Waals surface area contributed by atoms with Crippen molar-refractivity contribution in [2.45, 2.75) is 84.4 Å². The molecule has 9 nitrogen and oxygen atoms in total. The van der Waals surface area contributed by atoms with Gasteiger partial charge in [0.1, 0.15) is 29.2 Å². The van der Waals surface area contributed by atoms with Gasteiger partial charge in [-0.3, -0.25) is 9.59 Å². The SMILES string of the molecule is CCCCCCN(C(=O)C(Cc1ccc(O)cc1)NC(=O)OC(C)(C)C)C(C(=O)Nc1ccc(OC)cc1)c1ccc(C)cc1. The number of unbranched alkanes of at least 4 members (excludes halogenated alkanes) is 3. The number of amides is 3. The zero-order chi connectivity index (χ0) is 33.0. The van der Waals surface area contributed by atoms with Gasteiger partial charge in [0.25, 0.3) is 5.91 Å². The van der Waals surface area contributed by atoms with E-state index >= 15 is 0 Å². The Morgan fingerprint density at radius 1 is 0.889 bits per heavy atom. The molecule has 9 heteroatoms. The lowest BCUT2D eigenvalue weighted by atomic mass is 9.99. The van der Waals surface area contributed by atoms with E-state index in [4.69, 9.17) is 9.47 Å². The number of hydrogen-bond donors (Lipinski definition) is 3. The van der Waals surface area contributed by atoms with E-state index < -0.39 is 29.7 Å². The molecule has 2 atom stereocenters. The standard InChI is InChI=1S/C36H47N3O6/c1-7-8-9-10-23-39(34(42)31(38-35(43)45-36(3,4)5)24-26-13-19-29(40)20-14-26)32(27-15-11-25(2)12-16-27)33(41)37-28-17-21-30(44-6)22-18-28/h11-22,31-32,40H,7-10,23-24H2,1-6H3,(H,37,41)(H,38,43). The van der Waals surface area contributed by atoms with Crippen molar-refractivity contribution in [1.82, 2.24) is 10.2 Å². The first-order valence-electron chi connectivity index (χ1n) is 15.5. The molecule has 3 rings (SSSR count). The zero-order valence-corrected chi connectivity index (χ0v) is 27.3. The molecule has 0 aliphatic heterocycles. The number of nitrogens with one attached hydrogen (secondary N) is 2. The summed E-state index contributed by atoms with van der Waals surface area (Å²) in [6.45, 7) is 9.62. The van der Waals surface area contributed by atoms with E-state index in [9.17, 15) is 19.5 Å². The molecule has 0 radical (unpaired) electrons. The van der Waals surface area contributed by atoms with Crippen LogP contribution >= 0.6 is 0 Å². The Labute approximate surface area is 266 Å². The highest BCUT2D eigenvalue weighted by molar-refractivity contribution is 5.99. The average Bonchev–Trinajstić information content (AvgIpc) is 2.99. The van der Waals surface area contributed by atoms with Crippen LogP contribution in [0.2, 0.25) is 0 Å². The van der Waals surface area contributed by atoms with Crippen LogP contribution in [0.5, 0.6) is 11.5 Å². The third-order valence-corrected chi connectivity index (χ3v) is 7.21. The first-order valence-corrected chi connectivity index (χ1v) is 15.5. The van der Waals surface area contributed by atoms with Crippen molar-refractivity contribution in [2.24, 2.45) is 0 Å². The van der Waals surface area contributed by atoms with Crippen LogP contribution in [-0.2, 0) is 20.7 Å². The molecule has 0 aliphatic rings. The van der Waals surface area contributed by atoms with Gasteiger partial charge in [0.15, 0.2) is 0 Å². The molecule has 45 heavy (non-hydrogen) atoms. The number of benzene rings is 3. The van der Waals surface area contributed by atoms with Crippen molar-refractivity contribution < 1.29 is 29.0 Å². The van der Waals surface area contributed by atoms with Crippen LogP contribution in [0.3, 0.4) is 0 Å². The van der Waals surface area contributed by atoms with Crippen molar-refractivity contribution in [3.05, 3.63) is 89.5 Å². The highest BCUT2D eigenvalue weighted by Gasteiger charge is 2.36. The van der Waals surface area contributed by atoms with E-state index in [1.54, 1.807) is 69.2 Å². The quantitative estimate of drug-likeness (QED) is 0.169. The van der Waals surface area contributed by atoms with Gasteiger partial charge in [-0.1, -0.05) is 68.1 Å². The third kappa shape index (κ3) is 11.2. The number of carbonyl (C=O) groups is 3. The Morgan fingerprint density at radius 2 is 1.53 bits per heavy atom. The second kappa shape index (κ2) is 16.5. The summed E-state index contributed by atoms with van der Waals surface area (Å²) in [6, 6.07) is 19.0. The van der Waals surface area contributed by atoms with Gasteiger partial charge in [-0.05, 0) is 81.6 Å². The normalized spacial score (nSPS) is 12.5. The maximum atomic E-state index is 14.6.